The Morgan fingerprint density at radius 2 is 2.05 bits per heavy atom. The predicted octanol–water partition coefficient (Wildman–Crippen LogP) is 4.53. The number of likely N-dealkylation sites (tertiary alicyclic amines) is 1. The van der Waals surface area contributed by atoms with E-state index in [0.717, 1.165) is 37.1 Å². The third-order valence-electron chi connectivity index (χ3n) is 7.35. The van der Waals surface area contributed by atoms with E-state index in [2.05, 4.69) is 25.2 Å². The average molecular weight is 543 g/mol. The highest BCUT2D eigenvalue weighted by Gasteiger charge is 2.30. The van der Waals surface area contributed by atoms with Crippen LogP contribution in [0.1, 0.15) is 26.2 Å². The van der Waals surface area contributed by atoms with Crippen LogP contribution in [0.25, 0.3) is 32.2 Å². The van der Waals surface area contributed by atoms with Gasteiger partial charge in [-0.25, -0.2) is 13.8 Å². The number of aromatic nitrogens is 3. The number of nitrogens with two attached hydrogens (primary N) is 1. The number of aromatic hydroxyl groups is 1. The van der Waals surface area contributed by atoms with Gasteiger partial charge in [0.2, 0.25) is 0 Å². The van der Waals surface area contributed by atoms with E-state index in [4.69, 9.17) is 15.2 Å². The molecule has 2 unspecified atom stereocenters. The third-order valence-corrected chi connectivity index (χ3v) is 8.25. The van der Waals surface area contributed by atoms with Crippen LogP contribution in [0.2, 0.25) is 0 Å². The van der Waals surface area contributed by atoms with Crippen molar-refractivity contribution in [2.75, 3.05) is 37.9 Å². The topological polar surface area (TPSA) is 119 Å². The molecule has 12 heteroatoms. The van der Waals surface area contributed by atoms with Crippen molar-refractivity contribution in [1.29, 1.82) is 0 Å². The molecule has 200 valence electrons. The van der Waals surface area contributed by atoms with Gasteiger partial charge in [0.15, 0.2) is 10.9 Å². The summed E-state index contributed by atoms with van der Waals surface area (Å²) in [5.74, 6) is -1.18. The maximum Gasteiger partial charge on any atom is 0.319 e. The van der Waals surface area contributed by atoms with Crippen molar-refractivity contribution in [3.63, 3.8) is 0 Å². The highest BCUT2D eigenvalue weighted by Crippen LogP contribution is 2.42. The SMILES string of the molecule is C[C@H](Oc1nc(NC2CCOC2)c2c(O)cc(-c3ccc(F)c4sc(N)nc34)c(F)c2n1)C1CCCN1C. The van der Waals surface area contributed by atoms with Crippen LogP contribution in [0, 0.1) is 11.6 Å². The average Bonchev–Trinajstić information content (AvgIpc) is 3.63. The van der Waals surface area contributed by atoms with Gasteiger partial charge in [-0.15, -0.1) is 0 Å². The number of anilines is 2. The number of halogens is 2. The summed E-state index contributed by atoms with van der Waals surface area (Å²) in [6.45, 7) is 3.98. The second-order valence-corrected chi connectivity index (χ2v) is 10.9. The van der Waals surface area contributed by atoms with Crippen molar-refractivity contribution < 1.29 is 23.4 Å². The molecule has 0 spiro atoms. The van der Waals surface area contributed by atoms with Gasteiger partial charge in [-0.05, 0) is 58.0 Å². The zero-order chi connectivity index (χ0) is 26.6. The van der Waals surface area contributed by atoms with Gasteiger partial charge in [-0.1, -0.05) is 11.3 Å². The standard InChI is InChI=1S/C26H28F2N6O3S/c1-12(17-4-3-8-34(17)2)37-26-32-22-19(24(33-26)30-13-7-9-36-11-13)18(35)10-15(20(22)28)14-5-6-16(27)23-21(14)31-25(29)38-23/h5-6,10,12-13,17,35H,3-4,7-9,11H2,1-2H3,(H2,29,31)(H,30,32,33)/t12-,13?,17?/m0/s1. The first kappa shape index (κ1) is 25.0. The van der Waals surface area contributed by atoms with Crippen LogP contribution in [-0.4, -0.2) is 70.0 Å². The fourth-order valence-electron chi connectivity index (χ4n) is 5.42. The number of thiazole rings is 1. The van der Waals surface area contributed by atoms with Crippen molar-refractivity contribution in [2.24, 2.45) is 0 Å². The number of nitrogen functional groups attached to an aromatic ring is 1. The summed E-state index contributed by atoms with van der Waals surface area (Å²) < 4.78 is 42.5. The highest BCUT2D eigenvalue weighted by molar-refractivity contribution is 7.22. The second-order valence-electron chi connectivity index (χ2n) is 9.88. The molecule has 2 saturated heterocycles. The summed E-state index contributed by atoms with van der Waals surface area (Å²) in [4.78, 5) is 15.4. The summed E-state index contributed by atoms with van der Waals surface area (Å²) in [5, 5.41) is 14.7. The lowest BCUT2D eigenvalue weighted by Crippen LogP contribution is -2.38. The molecule has 0 bridgehead atoms. The number of likely N-dealkylation sites (N-methyl/N-ethyl adjacent to an activating group) is 1. The summed E-state index contributed by atoms with van der Waals surface area (Å²) in [6.07, 6.45) is 2.55. The maximum absolute atomic E-state index is 16.3. The van der Waals surface area contributed by atoms with Gasteiger partial charge in [0, 0.05) is 23.8 Å². The minimum absolute atomic E-state index is 0.00400. The number of fused-ring (bicyclic) bond motifs is 2. The Morgan fingerprint density at radius 1 is 1.21 bits per heavy atom. The van der Waals surface area contributed by atoms with Crippen LogP contribution in [0.3, 0.4) is 0 Å². The smallest absolute Gasteiger partial charge is 0.319 e. The molecule has 0 saturated carbocycles. The van der Waals surface area contributed by atoms with E-state index in [1.807, 2.05) is 14.0 Å². The quantitative estimate of drug-likeness (QED) is 0.323. The van der Waals surface area contributed by atoms with E-state index in [-0.39, 0.29) is 67.6 Å². The predicted molar refractivity (Wildman–Crippen MR) is 143 cm³/mol. The van der Waals surface area contributed by atoms with E-state index < -0.39 is 11.6 Å². The van der Waals surface area contributed by atoms with Gasteiger partial charge in [-0.2, -0.15) is 9.97 Å². The van der Waals surface area contributed by atoms with E-state index in [1.165, 1.54) is 18.2 Å². The lowest BCUT2D eigenvalue weighted by molar-refractivity contribution is 0.112. The fourth-order valence-corrected chi connectivity index (χ4v) is 6.18. The Bertz CT molecular complexity index is 1530. The monoisotopic (exact) mass is 542 g/mol. The highest BCUT2D eigenvalue weighted by atomic mass is 32.1. The van der Waals surface area contributed by atoms with Crippen molar-refractivity contribution in [3.05, 3.63) is 29.8 Å². The van der Waals surface area contributed by atoms with E-state index in [9.17, 15) is 9.50 Å². The first-order valence-corrected chi connectivity index (χ1v) is 13.4. The van der Waals surface area contributed by atoms with Crippen LogP contribution in [-0.2, 0) is 4.74 Å². The summed E-state index contributed by atoms with van der Waals surface area (Å²) >= 11 is 0.978. The van der Waals surface area contributed by atoms with Crippen LogP contribution in [0.4, 0.5) is 19.7 Å². The molecule has 2 aromatic heterocycles. The van der Waals surface area contributed by atoms with E-state index in [1.54, 1.807) is 0 Å². The number of rotatable bonds is 6. The number of hydrogen-bond acceptors (Lipinski definition) is 10. The summed E-state index contributed by atoms with van der Waals surface area (Å²) in [6, 6.07) is 4.07. The Balaban J connectivity index is 1.50. The molecule has 4 aromatic rings. The third kappa shape index (κ3) is 4.36. The number of ether oxygens (including phenoxy) is 2. The lowest BCUT2D eigenvalue weighted by atomic mass is 10.0. The zero-order valence-electron chi connectivity index (χ0n) is 21.0. The summed E-state index contributed by atoms with van der Waals surface area (Å²) in [5.41, 5.74) is 6.25. The number of phenols is 1. The lowest BCUT2D eigenvalue weighted by Gasteiger charge is -2.26. The number of hydrogen-bond donors (Lipinski definition) is 3. The van der Waals surface area contributed by atoms with Crippen molar-refractivity contribution >= 4 is 43.4 Å². The molecule has 2 aliphatic heterocycles. The largest absolute Gasteiger partial charge is 0.507 e. The molecule has 6 rings (SSSR count). The molecule has 38 heavy (non-hydrogen) atoms. The molecule has 0 aliphatic carbocycles. The number of nitrogens with zero attached hydrogens (tertiary/aromatic N) is 4. The number of nitrogens with one attached hydrogen (secondary N) is 1. The van der Waals surface area contributed by atoms with Gasteiger partial charge in [0.05, 0.1) is 28.3 Å². The first-order valence-electron chi connectivity index (χ1n) is 12.6. The molecule has 4 heterocycles. The second kappa shape index (κ2) is 9.75. The van der Waals surface area contributed by atoms with E-state index >= 15 is 4.39 Å². The van der Waals surface area contributed by atoms with E-state index in [0.29, 0.717) is 18.8 Å². The van der Waals surface area contributed by atoms with Crippen LogP contribution in [0.15, 0.2) is 18.2 Å². The van der Waals surface area contributed by atoms with Crippen molar-refractivity contribution in [1.82, 2.24) is 19.9 Å². The minimum atomic E-state index is -0.708. The zero-order valence-corrected chi connectivity index (χ0v) is 21.8. The van der Waals surface area contributed by atoms with Crippen LogP contribution in [0.5, 0.6) is 11.8 Å². The molecule has 9 nitrogen and oxygen atoms in total. The Labute approximate surface area is 221 Å². The van der Waals surface area contributed by atoms with Crippen LogP contribution >= 0.6 is 11.3 Å². The van der Waals surface area contributed by atoms with Gasteiger partial charge in [0.25, 0.3) is 0 Å². The molecule has 4 N–H and O–H groups in total. The maximum atomic E-state index is 16.3. The number of phenolic OH excluding ortho intramolecular Hbond substituents is 1. The fraction of sp³-hybridized carbons (Fsp3) is 0.423. The molecule has 0 radical (unpaired) electrons. The Hall–Kier alpha value is -3.35. The molecule has 2 fully saturated rings. The normalized spacial score (nSPS) is 20.9. The Kier molecular flexibility index (Phi) is 6.40. The Morgan fingerprint density at radius 3 is 2.79 bits per heavy atom. The molecule has 0 amide bonds. The number of benzene rings is 2. The molecular formula is C26H28F2N6O3S. The molecule has 2 aromatic carbocycles. The van der Waals surface area contributed by atoms with Crippen LogP contribution < -0.4 is 15.8 Å². The van der Waals surface area contributed by atoms with Crippen molar-refractivity contribution in [2.45, 2.75) is 44.4 Å². The van der Waals surface area contributed by atoms with Gasteiger partial charge in [0.1, 0.15) is 29.0 Å². The van der Waals surface area contributed by atoms with Gasteiger partial charge < -0.3 is 25.6 Å². The minimum Gasteiger partial charge on any atom is -0.507 e. The van der Waals surface area contributed by atoms with Gasteiger partial charge in [-0.3, -0.25) is 4.90 Å². The molecule has 3 atom stereocenters. The summed E-state index contributed by atoms with van der Waals surface area (Å²) in [7, 11) is 2.05. The van der Waals surface area contributed by atoms with Crippen molar-refractivity contribution in [3.8, 4) is 22.9 Å². The van der Waals surface area contributed by atoms with Gasteiger partial charge >= 0.3 is 6.01 Å². The molecule has 2 aliphatic rings. The first-order chi connectivity index (χ1) is 18.3. The molecular weight excluding hydrogens is 514 g/mol.